The van der Waals surface area contributed by atoms with Crippen LogP contribution in [0.3, 0.4) is 0 Å². The lowest BCUT2D eigenvalue weighted by Gasteiger charge is -2.05. The summed E-state index contributed by atoms with van der Waals surface area (Å²) in [5.74, 6) is 0. The fourth-order valence-electron chi connectivity index (χ4n) is 1.74. The molecule has 2 aromatic carbocycles. The molecule has 2 rings (SSSR count). The number of hydrogen-bond acceptors (Lipinski definition) is 5. The van der Waals surface area contributed by atoms with E-state index < -0.39 is 0 Å². The Morgan fingerprint density at radius 2 is 1.50 bits per heavy atom. The summed E-state index contributed by atoms with van der Waals surface area (Å²) < 4.78 is 0. The molecule has 0 aromatic heterocycles. The molecule has 0 bridgehead atoms. The monoisotopic (exact) mass is 215 g/mol. The Labute approximate surface area is 91.2 Å². The number of benzene rings is 2. The minimum Gasteiger partial charge on any atom is -0.399 e. The lowest BCUT2D eigenvalue weighted by atomic mass is 10.0. The number of aryl methyl sites for hydroxylation is 1. The van der Waals surface area contributed by atoms with Gasteiger partial charge in [0.2, 0.25) is 0 Å². The van der Waals surface area contributed by atoms with Crippen LogP contribution in [0.15, 0.2) is 34.6 Å². The highest BCUT2D eigenvalue weighted by Gasteiger charge is 2.09. The molecule has 0 aliphatic heterocycles. The molecule has 2 aromatic rings. The van der Waals surface area contributed by atoms with Gasteiger partial charge in [-0.1, -0.05) is 0 Å². The molecule has 0 aliphatic carbocycles. The highest BCUT2D eigenvalue weighted by molar-refractivity contribution is 6.02. The van der Waals surface area contributed by atoms with E-state index in [0.717, 1.165) is 5.56 Å². The summed E-state index contributed by atoms with van der Waals surface area (Å²) in [6.07, 6.45) is 0. The second kappa shape index (κ2) is 3.69. The van der Waals surface area contributed by atoms with Crippen molar-refractivity contribution in [3.05, 3.63) is 39.6 Å². The van der Waals surface area contributed by atoms with Crippen molar-refractivity contribution in [3.63, 3.8) is 0 Å². The van der Waals surface area contributed by atoms with E-state index >= 15 is 0 Å². The van der Waals surface area contributed by atoms with E-state index in [1.165, 1.54) is 6.07 Å². The Morgan fingerprint density at radius 3 is 2.12 bits per heavy atom. The number of rotatable bonds is 2. The normalized spacial score (nSPS) is 10.3. The quantitative estimate of drug-likeness (QED) is 0.614. The predicted octanol–water partition coefficient (Wildman–Crippen LogP) is 3.53. The van der Waals surface area contributed by atoms with Crippen molar-refractivity contribution >= 4 is 27.8 Å². The molecule has 0 saturated heterocycles. The number of nitrogen functional groups attached to an aromatic ring is 1. The van der Waals surface area contributed by atoms with Gasteiger partial charge in [0.15, 0.2) is 0 Å². The molecule has 2 N–H and O–H groups in total. The zero-order valence-electron chi connectivity index (χ0n) is 8.60. The second-order valence-corrected chi connectivity index (χ2v) is 3.60. The summed E-state index contributed by atoms with van der Waals surface area (Å²) in [4.78, 5) is 21.4. The first kappa shape index (κ1) is 10.2. The molecule has 5 heteroatoms. The van der Waals surface area contributed by atoms with Crippen LogP contribution in [0.25, 0.3) is 10.8 Å². The standard InChI is InChI=1S/C11H9N3O2/c1-6-2-8-9(10(3-6)13-15)4-7(12)5-11(8)14-16/h2-5H,12H2,1H3. The topological polar surface area (TPSA) is 84.9 Å². The SMILES string of the molecule is Cc1cc(N=O)c2cc(N)cc(N=O)c2c1. The summed E-state index contributed by atoms with van der Waals surface area (Å²) in [5.41, 5.74) is 7.34. The van der Waals surface area contributed by atoms with Crippen LogP contribution in [0.5, 0.6) is 0 Å². The van der Waals surface area contributed by atoms with Crippen molar-refractivity contribution in [1.29, 1.82) is 0 Å². The third-order valence-corrected chi connectivity index (χ3v) is 2.39. The van der Waals surface area contributed by atoms with Gasteiger partial charge in [-0.25, -0.2) is 0 Å². The third kappa shape index (κ3) is 1.52. The third-order valence-electron chi connectivity index (χ3n) is 2.39. The maximum Gasteiger partial charge on any atom is 0.117 e. The average Bonchev–Trinajstić information content (AvgIpc) is 2.27. The van der Waals surface area contributed by atoms with Crippen LogP contribution in [0.4, 0.5) is 17.1 Å². The van der Waals surface area contributed by atoms with Crippen LogP contribution < -0.4 is 5.73 Å². The average molecular weight is 215 g/mol. The van der Waals surface area contributed by atoms with E-state index in [1.807, 2.05) is 6.92 Å². The van der Waals surface area contributed by atoms with Gasteiger partial charge in [0.1, 0.15) is 11.4 Å². The van der Waals surface area contributed by atoms with Crippen molar-refractivity contribution in [2.45, 2.75) is 6.92 Å². The lowest BCUT2D eigenvalue weighted by Crippen LogP contribution is -1.86. The van der Waals surface area contributed by atoms with Gasteiger partial charge in [0.25, 0.3) is 0 Å². The van der Waals surface area contributed by atoms with E-state index in [2.05, 4.69) is 10.4 Å². The first-order chi connectivity index (χ1) is 7.65. The predicted molar refractivity (Wildman–Crippen MR) is 64.0 cm³/mol. The van der Waals surface area contributed by atoms with Crippen LogP contribution in [0, 0.1) is 16.7 Å². The molecule has 80 valence electrons. The van der Waals surface area contributed by atoms with Crippen molar-refractivity contribution < 1.29 is 0 Å². The zero-order chi connectivity index (χ0) is 11.7. The van der Waals surface area contributed by atoms with Gasteiger partial charge in [0.05, 0.1) is 0 Å². The van der Waals surface area contributed by atoms with Crippen LogP contribution in [0.1, 0.15) is 5.56 Å². The number of fused-ring (bicyclic) bond motifs is 1. The Bertz CT molecular complexity index is 540. The summed E-state index contributed by atoms with van der Waals surface area (Å²) in [6.45, 7) is 1.82. The number of nitrogens with two attached hydrogens (primary N) is 1. The van der Waals surface area contributed by atoms with Gasteiger partial charge in [-0.05, 0) is 47.1 Å². The second-order valence-electron chi connectivity index (χ2n) is 3.60. The van der Waals surface area contributed by atoms with Crippen LogP contribution in [-0.2, 0) is 0 Å². The molecule has 5 nitrogen and oxygen atoms in total. The molecular weight excluding hydrogens is 206 g/mol. The number of nitroso groups, excluding NO2 is 2. The van der Waals surface area contributed by atoms with E-state index in [1.54, 1.807) is 18.2 Å². The van der Waals surface area contributed by atoms with E-state index in [9.17, 15) is 9.81 Å². The Balaban J connectivity index is 2.97. The summed E-state index contributed by atoms with van der Waals surface area (Å²) >= 11 is 0. The van der Waals surface area contributed by atoms with Gasteiger partial charge >= 0.3 is 0 Å². The molecule has 0 unspecified atom stereocenters. The minimum absolute atomic E-state index is 0.226. The minimum atomic E-state index is 0.226. The molecule has 0 amide bonds. The molecule has 0 spiro atoms. The van der Waals surface area contributed by atoms with Crippen molar-refractivity contribution in [2.24, 2.45) is 10.4 Å². The molecular formula is C11H9N3O2. The molecule has 0 aliphatic rings. The van der Waals surface area contributed by atoms with Gasteiger partial charge in [0, 0.05) is 16.5 Å². The van der Waals surface area contributed by atoms with Crippen LogP contribution in [-0.4, -0.2) is 0 Å². The summed E-state index contributed by atoms with van der Waals surface area (Å²) in [6, 6.07) is 6.51. The fourth-order valence-corrected chi connectivity index (χ4v) is 1.74. The maximum absolute atomic E-state index is 10.7. The smallest absolute Gasteiger partial charge is 0.117 e. The van der Waals surface area contributed by atoms with Gasteiger partial charge < -0.3 is 5.73 Å². The lowest BCUT2D eigenvalue weighted by molar-refractivity contribution is 1.44. The molecule has 16 heavy (non-hydrogen) atoms. The van der Waals surface area contributed by atoms with E-state index in [-0.39, 0.29) is 11.4 Å². The molecule has 0 fully saturated rings. The highest BCUT2D eigenvalue weighted by Crippen LogP contribution is 2.35. The van der Waals surface area contributed by atoms with Gasteiger partial charge in [-0.15, -0.1) is 9.81 Å². The highest BCUT2D eigenvalue weighted by atomic mass is 16.3. The largest absolute Gasteiger partial charge is 0.399 e. The molecule has 0 saturated carbocycles. The molecule has 0 atom stereocenters. The van der Waals surface area contributed by atoms with Gasteiger partial charge in [-0.2, -0.15) is 0 Å². The molecule has 0 radical (unpaired) electrons. The fraction of sp³-hybridized carbons (Fsp3) is 0.0909. The molecule has 0 heterocycles. The van der Waals surface area contributed by atoms with Crippen molar-refractivity contribution in [1.82, 2.24) is 0 Å². The Kier molecular flexibility index (Phi) is 2.36. The number of hydrogen-bond donors (Lipinski definition) is 1. The van der Waals surface area contributed by atoms with E-state index in [0.29, 0.717) is 16.5 Å². The zero-order valence-corrected chi connectivity index (χ0v) is 8.60. The van der Waals surface area contributed by atoms with Crippen LogP contribution in [0.2, 0.25) is 0 Å². The maximum atomic E-state index is 10.7. The van der Waals surface area contributed by atoms with Crippen LogP contribution >= 0.6 is 0 Å². The van der Waals surface area contributed by atoms with Gasteiger partial charge in [-0.3, -0.25) is 0 Å². The number of anilines is 1. The first-order valence-corrected chi connectivity index (χ1v) is 4.66. The van der Waals surface area contributed by atoms with Crippen molar-refractivity contribution in [2.75, 3.05) is 5.73 Å². The van der Waals surface area contributed by atoms with E-state index in [4.69, 9.17) is 5.73 Å². The Hall–Kier alpha value is -2.30. The summed E-state index contributed by atoms with van der Waals surface area (Å²) in [5, 5.41) is 6.98. The summed E-state index contributed by atoms with van der Waals surface area (Å²) in [7, 11) is 0. The van der Waals surface area contributed by atoms with Crippen molar-refractivity contribution in [3.8, 4) is 0 Å². The first-order valence-electron chi connectivity index (χ1n) is 4.66. The Morgan fingerprint density at radius 1 is 0.938 bits per heavy atom. The number of nitrogens with zero attached hydrogens (tertiary/aromatic N) is 2.